The Morgan fingerprint density at radius 2 is 1.70 bits per heavy atom. The Bertz CT molecular complexity index is 514. The second kappa shape index (κ2) is 7.20. The third kappa shape index (κ3) is 4.17. The summed E-state index contributed by atoms with van der Waals surface area (Å²) in [5.41, 5.74) is 5.15. The van der Waals surface area contributed by atoms with Gasteiger partial charge in [0.15, 0.2) is 0 Å². The van der Waals surface area contributed by atoms with Crippen LogP contribution in [0.15, 0.2) is 42.6 Å². The quantitative estimate of drug-likeness (QED) is 0.869. The lowest BCUT2D eigenvalue weighted by atomic mass is 10.0. The van der Waals surface area contributed by atoms with E-state index < -0.39 is 0 Å². The highest BCUT2D eigenvalue weighted by Gasteiger charge is 2.09. The van der Waals surface area contributed by atoms with Gasteiger partial charge >= 0.3 is 0 Å². The van der Waals surface area contributed by atoms with Gasteiger partial charge in [-0.2, -0.15) is 0 Å². The van der Waals surface area contributed by atoms with E-state index in [4.69, 9.17) is 0 Å². The van der Waals surface area contributed by atoms with E-state index >= 15 is 0 Å². The molecule has 0 saturated heterocycles. The van der Waals surface area contributed by atoms with Crippen LogP contribution in [0.2, 0.25) is 0 Å². The van der Waals surface area contributed by atoms with Crippen LogP contribution in [0, 0.1) is 6.92 Å². The average Bonchev–Trinajstić information content (AvgIpc) is 2.49. The summed E-state index contributed by atoms with van der Waals surface area (Å²) in [6.07, 6.45) is 5.04. The zero-order chi connectivity index (χ0) is 14.4. The van der Waals surface area contributed by atoms with Crippen LogP contribution in [0.4, 0.5) is 0 Å². The molecule has 0 bridgehead atoms. The molecule has 0 amide bonds. The van der Waals surface area contributed by atoms with E-state index in [2.05, 4.69) is 60.5 Å². The lowest BCUT2D eigenvalue weighted by Gasteiger charge is -2.16. The van der Waals surface area contributed by atoms with Crippen LogP contribution in [0.5, 0.6) is 0 Å². The van der Waals surface area contributed by atoms with E-state index in [-0.39, 0.29) is 0 Å². The standard InChI is InChI=1S/C18H24N2/c1-4-15-9-10-17(20-13-15)12-18(19-3)11-16-7-5-14(2)6-8-16/h5-10,13,18-19H,4,11-12H2,1-3H3. The summed E-state index contributed by atoms with van der Waals surface area (Å²) in [6, 6.07) is 13.5. The first-order chi connectivity index (χ1) is 9.71. The fraction of sp³-hybridized carbons (Fsp3) is 0.389. The predicted molar refractivity (Wildman–Crippen MR) is 85.0 cm³/mol. The normalized spacial score (nSPS) is 12.3. The molecular weight excluding hydrogens is 244 g/mol. The Hall–Kier alpha value is -1.67. The molecule has 1 heterocycles. The van der Waals surface area contributed by atoms with Crippen LogP contribution in [0.3, 0.4) is 0 Å². The number of rotatable bonds is 6. The molecule has 2 heteroatoms. The van der Waals surface area contributed by atoms with E-state index in [0.717, 1.165) is 25.0 Å². The summed E-state index contributed by atoms with van der Waals surface area (Å²) in [5.74, 6) is 0. The van der Waals surface area contributed by atoms with E-state index in [9.17, 15) is 0 Å². The zero-order valence-corrected chi connectivity index (χ0v) is 12.7. The smallest absolute Gasteiger partial charge is 0.0419 e. The van der Waals surface area contributed by atoms with Gasteiger partial charge in [0.2, 0.25) is 0 Å². The highest BCUT2D eigenvalue weighted by Crippen LogP contribution is 2.10. The van der Waals surface area contributed by atoms with Gasteiger partial charge in [-0.05, 0) is 44.0 Å². The minimum Gasteiger partial charge on any atom is -0.316 e. The van der Waals surface area contributed by atoms with Crippen molar-refractivity contribution in [3.63, 3.8) is 0 Å². The number of aryl methyl sites for hydroxylation is 2. The third-order valence-corrected chi connectivity index (χ3v) is 3.76. The van der Waals surface area contributed by atoms with E-state index in [1.807, 2.05) is 13.2 Å². The van der Waals surface area contributed by atoms with Crippen LogP contribution in [-0.2, 0) is 19.3 Å². The molecule has 2 rings (SSSR count). The minimum absolute atomic E-state index is 0.428. The van der Waals surface area contributed by atoms with E-state index in [0.29, 0.717) is 6.04 Å². The molecule has 0 fully saturated rings. The second-order valence-electron chi connectivity index (χ2n) is 5.39. The molecule has 106 valence electrons. The number of nitrogens with zero attached hydrogens (tertiary/aromatic N) is 1. The summed E-state index contributed by atoms with van der Waals surface area (Å²) in [4.78, 5) is 4.55. The first-order valence-corrected chi connectivity index (χ1v) is 7.38. The van der Waals surface area contributed by atoms with Crippen LogP contribution in [0.1, 0.15) is 29.3 Å². The largest absolute Gasteiger partial charge is 0.316 e. The van der Waals surface area contributed by atoms with Crippen LogP contribution in [0.25, 0.3) is 0 Å². The van der Waals surface area contributed by atoms with Gasteiger partial charge in [0, 0.05) is 24.4 Å². The molecule has 20 heavy (non-hydrogen) atoms. The highest BCUT2D eigenvalue weighted by atomic mass is 14.9. The van der Waals surface area contributed by atoms with Crippen molar-refractivity contribution in [2.75, 3.05) is 7.05 Å². The van der Waals surface area contributed by atoms with Crippen molar-refractivity contribution in [1.82, 2.24) is 10.3 Å². The van der Waals surface area contributed by atoms with Crippen LogP contribution >= 0.6 is 0 Å². The van der Waals surface area contributed by atoms with Gasteiger partial charge in [0.1, 0.15) is 0 Å². The summed E-state index contributed by atoms with van der Waals surface area (Å²) in [6.45, 7) is 4.28. The van der Waals surface area contributed by atoms with Crippen molar-refractivity contribution >= 4 is 0 Å². The summed E-state index contributed by atoms with van der Waals surface area (Å²) in [5, 5.41) is 3.40. The molecule has 0 saturated carbocycles. The number of pyridine rings is 1. The number of nitrogens with one attached hydrogen (secondary N) is 1. The maximum Gasteiger partial charge on any atom is 0.0419 e. The van der Waals surface area contributed by atoms with Gasteiger partial charge in [-0.1, -0.05) is 42.8 Å². The molecule has 2 aromatic rings. The van der Waals surface area contributed by atoms with E-state index in [1.165, 1.54) is 16.7 Å². The Balaban J connectivity index is 1.99. The molecule has 1 atom stereocenters. The second-order valence-corrected chi connectivity index (χ2v) is 5.39. The van der Waals surface area contributed by atoms with Gasteiger partial charge in [0.25, 0.3) is 0 Å². The highest BCUT2D eigenvalue weighted by molar-refractivity contribution is 5.22. The minimum atomic E-state index is 0.428. The molecule has 1 N–H and O–H groups in total. The molecule has 2 nitrogen and oxygen atoms in total. The van der Waals surface area contributed by atoms with Crippen molar-refractivity contribution in [3.05, 3.63) is 65.0 Å². The lowest BCUT2D eigenvalue weighted by molar-refractivity contribution is 0.550. The van der Waals surface area contributed by atoms with Gasteiger partial charge in [-0.25, -0.2) is 0 Å². The number of hydrogen-bond donors (Lipinski definition) is 1. The van der Waals surface area contributed by atoms with Crippen LogP contribution < -0.4 is 5.32 Å². The molecule has 0 aliphatic rings. The monoisotopic (exact) mass is 268 g/mol. The molecule has 0 aliphatic heterocycles. The topological polar surface area (TPSA) is 24.9 Å². The van der Waals surface area contributed by atoms with Gasteiger partial charge in [0.05, 0.1) is 0 Å². The first-order valence-electron chi connectivity index (χ1n) is 7.38. The maximum absolute atomic E-state index is 4.55. The Labute approximate surface area is 122 Å². The fourth-order valence-corrected chi connectivity index (χ4v) is 2.32. The number of benzene rings is 1. The van der Waals surface area contributed by atoms with Gasteiger partial charge < -0.3 is 5.32 Å². The summed E-state index contributed by atoms with van der Waals surface area (Å²) >= 11 is 0. The summed E-state index contributed by atoms with van der Waals surface area (Å²) in [7, 11) is 2.03. The van der Waals surface area contributed by atoms with Gasteiger partial charge in [-0.3, -0.25) is 4.98 Å². The molecule has 1 aromatic heterocycles. The molecule has 0 radical (unpaired) electrons. The third-order valence-electron chi connectivity index (χ3n) is 3.76. The van der Waals surface area contributed by atoms with Crippen molar-refractivity contribution in [2.45, 2.75) is 39.2 Å². The first kappa shape index (κ1) is 14.7. The van der Waals surface area contributed by atoms with Gasteiger partial charge in [-0.15, -0.1) is 0 Å². The lowest BCUT2D eigenvalue weighted by Crippen LogP contribution is -2.30. The maximum atomic E-state index is 4.55. The zero-order valence-electron chi connectivity index (χ0n) is 12.7. The molecule has 1 unspecified atom stereocenters. The predicted octanol–water partition coefficient (Wildman–Crippen LogP) is 3.33. The number of likely N-dealkylation sites (N-methyl/N-ethyl adjacent to an activating group) is 1. The average molecular weight is 268 g/mol. The molecule has 0 spiro atoms. The van der Waals surface area contributed by atoms with Crippen molar-refractivity contribution in [2.24, 2.45) is 0 Å². The molecule has 1 aromatic carbocycles. The Morgan fingerprint density at radius 3 is 2.25 bits per heavy atom. The SMILES string of the molecule is CCc1ccc(CC(Cc2ccc(C)cc2)NC)nc1. The van der Waals surface area contributed by atoms with Crippen LogP contribution in [-0.4, -0.2) is 18.1 Å². The van der Waals surface area contributed by atoms with Crippen molar-refractivity contribution < 1.29 is 0 Å². The van der Waals surface area contributed by atoms with Crippen molar-refractivity contribution in [3.8, 4) is 0 Å². The summed E-state index contributed by atoms with van der Waals surface area (Å²) < 4.78 is 0. The molecule has 0 aliphatic carbocycles. The van der Waals surface area contributed by atoms with Crippen molar-refractivity contribution in [1.29, 1.82) is 0 Å². The fourth-order valence-electron chi connectivity index (χ4n) is 2.32. The molecular formula is C18H24N2. The Morgan fingerprint density at radius 1 is 1.00 bits per heavy atom. The number of hydrogen-bond acceptors (Lipinski definition) is 2. The number of aromatic nitrogens is 1. The van der Waals surface area contributed by atoms with E-state index in [1.54, 1.807) is 0 Å². The Kier molecular flexibility index (Phi) is 5.31.